The maximum absolute atomic E-state index is 12.2. The Labute approximate surface area is 146 Å². The van der Waals surface area contributed by atoms with Crippen molar-refractivity contribution in [3.63, 3.8) is 0 Å². The van der Waals surface area contributed by atoms with E-state index in [1.54, 1.807) is 32.3 Å². The fourth-order valence-electron chi connectivity index (χ4n) is 2.30. The lowest BCUT2D eigenvalue weighted by atomic mass is 10.2. The molecule has 0 fully saturated rings. The molecule has 0 saturated carbocycles. The molecule has 6 heteroatoms. The van der Waals surface area contributed by atoms with Gasteiger partial charge in [-0.1, -0.05) is 46.3 Å². The third-order valence-corrected chi connectivity index (χ3v) is 6.11. The van der Waals surface area contributed by atoms with E-state index in [1.165, 1.54) is 9.87 Å². The van der Waals surface area contributed by atoms with Crippen LogP contribution in [0.25, 0.3) is 0 Å². The van der Waals surface area contributed by atoms with Crippen LogP contribution in [0.3, 0.4) is 0 Å². The summed E-state index contributed by atoms with van der Waals surface area (Å²) in [5, 5.41) is 0. The molecular formula is C17H21BrN2O2S. The van der Waals surface area contributed by atoms with Crippen molar-refractivity contribution in [3.8, 4) is 0 Å². The van der Waals surface area contributed by atoms with Crippen molar-refractivity contribution < 1.29 is 8.42 Å². The molecule has 0 heterocycles. The molecule has 23 heavy (non-hydrogen) atoms. The molecule has 2 rings (SSSR count). The van der Waals surface area contributed by atoms with Gasteiger partial charge in [-0.05, 0) is 36.4 Å². The predicted octanol–water partition coefficient (Wildman–Crippen LogP) is 3.33. The molecule has 0 unspecified atom stereocenters. The molecule has 0 aliphatic carbocycles. The van der Waals surface area contributed by atoms with Crippen molar-refractivity contribution in [2.75, 3.05) is 21.1 Å². The Bertz CT molecular complexity index is 776. The Kier molecular flexibility index (Phi) is 5.97. The minimum absolute atomic E-state index is 0.328. The van der Waals surface area contributed by atoms with E-state index in [0.717, 1.165) is 16.6 Å². The van der Waals surface area contributed by atoms with Crippen molar-refractivity contribution in [3.05, 3.63) is 64.1 Å². The van der Waals surface area contributed by atoms with Crippen molar-refractivity contribution in [1.29, 1.82) is 0 Å². The summed E-state index contributed by atoms with van der Waals surface area (Å²) in [6.45, 7) is 1.46. The van der Waals surface area contributed by atoms with Gasteiger partial charge < -0.3 is 0 Å². The Balaban J connectivity index is 2.13. The van der Waals surface area contributed by atoms with Crippen LogP contribution in [0, 0.1) is 0 Å². The van der Waals surface area contributed by atoms with Crippen molar-refractivity contribution in [2.24, 2.45) is 0 Å². The van der Waals surface area contributed by atoms with Gasteiger partial charge in [0.15, 0.2) is 0 Å². The summed E-state index contributed by atoms with van der Waals surface area (Å²) in [5.41, 5.74) is 2.18. The molecular weight excluding hydrogens is 376 g/mol. The maximum Gasteiger partial charge on any atom is 0.242 e. The van der Waals surface area contributed by atoms with Gasteiger partial charge in [-0.3, -0.25) is 4.90 Å². The van der Waals surface area contributed by atoms with Crippen LogP contribution in [-0.2, 0) is 23.1 Å². The monoisotopic (exact) mass is 396 g/mol. The average molecular weight is 397 g/mol. The van der Waals surface area contributed by atoms with Crippen LogP contribution in [0.2, 0.25) is 0 Å². The first-order valence-corrected chi connectivity index (χ1v) is 9.47. The van der Waals surface area contributed by atoms with E-state index < -0.39 is 10.0 Å². The van der Waals surface area contributed by atoms with Gasteiger partial charge in [-0.15, -0.1) is 0 Å². The fourth-order valence-corrected chi connectivity index (χ4v) is 3.68. The van der Waals surface area contributed by atoms with Crippen molar-refractivity contribution >= 4 is 26.0 Å². The van der Waals surface area contributed by atoms with Gasteiger partial charge in [0.25, 0.3) is 0 Å². The van der Waals surface area contributed by atoms with E-state index in [9.17, 15) is 8.42 Å². The highest BCUT2D eigenvalue weighted by molar-refractivity contribution is 9.10. The third kappa shape index (κ3) is 4.64. The first-order chi connectivity index (χ1) is 10.8. The standard InChI is InChI=1S/C17H21BrN2O2S/c1-19(2)23(21,22)16-9-6-7-14(11-16)12-20(3)13-15-8-4-5-10-17(15)18/h4-11H,12-13H2,1-3H3. The van der Waals surface area contributed by atoms with Crippen LogP contribution < -0.4 is 0 Å². The molecule has 0 spiro atoms. The van der Waals surface area contributed by atoms with E-state index in [0.29, 0.717) is 11.4 Å². The normalized spacial score (nSPS) is 12.1. The van der Waals surface area contributed by atoms with Crippen LogP contribution in [0.15, 0.2) is 57.9 Å². The first-order valence-electron chi connectivity index (χ1n) is 7.24. The van der Waals surface area contributed by atoms with Crippen LogP contribution in [0.1, 0.15) is 11.1 Å². The van der Waals surface area contributed by atoms with Crippen LogP contribution in [0.4, 0.5) is 0 Å². The highest BCUT2D eigenvalue weighted by Crippen LogP contribution is 2.19. The first kappa shape index (κ1) is 18.1. The molecule has 0 aliphatic rings. The average Bonchev–Trinajstić information content (AvgIpc) is 2.49. The summed E-state index contributed by atoms with van der Waals surface area (Å²) in [6.07, 6.45) is 0. The highest BCUT2D eigenvalue weighted by Gasteiger charge is 2.17. The summed E-state index contributed by atoms with van der Waals surface area (Å²) in [7, 11) is 1.71. The smallest absolute Gasteiger partial charge is 0.242 e. The summed E-state index contributed by atoms with van der Waals surface area (Å²) < 4.78 is 26.7. The van der Waals surface area contributed by atoms with Crippen molar-refractivity contribution in [2.45, 2.75) is 18.0 Å². The second-order valence-corrected chi connectivity index (χ2v) is 8.70. The minimum Gasteiger partial charge on any atom is -0.298 e. The Morgan fingerprint density at radius 3 is 2.30 bits per heavy atom. The molecule has 2 aromatic carbocycles. The van der Waals surface area contributed by atoms with Crippen LogP contribution in [-0.4, -0.2) is 38.8 Å². The largest absolute Gasteiger partial charge is 0.298 e. The zero-order valence-electron chi connectivity index (χ0n) is 13.5. The molecule has 0 N–H and O–H groups in total. The molecule has 0 saturated heterocycles. The number of hydrogen-bond acceptors (Lipinski definition) is 3. The lowest BCUT2D eigenvalue weighted by molar-refractivity contribution is 0.318. The molecule has 0 amide bonds. The summed E-state index contributed by atoms with van der Waals surface area (Å²) in [6, 6.07) is 15.2. The Morgan fingerprint density at radius 2 is 1.65 bits per heavy atom. The van der Waals surface area contributed by atoms with Gasteiger partial charge in [0.1, 0.15) is 0 Å². The van der Waals surface area contributed by atoms with E-state index in [2.05, 4.69) is 26.9 Å². The SMILES string of the molecule is CN(Cc1cccc(S(=O)(=O)N(C)C)c1)Cc1ccccc1Br. The Hall–Kier alpha value is -1.21. The minimum atomic E-state index is -3.39. The van der Waals surface area contributed by atoms with E-state index in [4.69, 9.17) is 0 Å². The number of nitrogens with zero attached hydrogens (tertiary/aromatic N) is 2. The molecule has 0 radical (unpaired) electrons. The second kappa shape index (κ2) is 7.57. The molecule has 4 nitrogen and oxygen atoms in total. The third-order valence-electron chi connectivity index (χ3n) is 3.53. The maximum atomic E-state index is 12.2. The number of benzene rings is 2. The lowest BCUT2D eigenvalue weighted by Crippen LogP contribution is -2.22. The number of sulfonamides is 1. The number of hydrogen-bond donors (Lipinski definition) is 0. The van der Waals surface area contributed by atoms with Gasteiger partial charge in [0.05, 0.1) is 4.90 Å². The lowest BCUT2D eigenvalue weighted by Gasteiger charge is -2.18. The quantitative estimate of drug-likeness (QED) is 0.751. The molecule has 0 aromatic heterocycles. The topological polar surface area (TPSA) is 40.6 Å². The van der Waals surface area contributed by atoms with E-state index in [-0.39, 0.29) is 0 Å². The van der Waals surface area contributed by atoms with E-state index >= 15 is 0 Å². The molecule has 0 atom stereocenters. The second-order valence-electron chi connectivity index (χ2n) is 5.70. The molecule has 2 aromatic rings. The summed E-state index contributed by atoms with van der Waals surface area (Å²) >= 11 is 3.55. The van der Waals surface area contributed by atoms with Gasteiger partial charge >= 0.3 is 0 Å². The molecule has 0 bridgehead atoms. The zero-order chi connectivity index (χ0) is 17.0. The Morgan fingerprint density at radius 1 is 0.957 bits per heavy atom. The molecule has 124 valence electrons. The highest BCUT2D eigenvalue weighted by atomic mass is 79.9. The fraction of sp³-hybridized carbons (Fsp3) is 0.294. The number of halogens is 1. The van der Waals surface area contributed by atoms with Crippen LogP contribution >= 0.6 is 15.9 Å². The van der Waals surface area contributed by atoms with E-state index in [1.807, 2.05) is 31.3 Å². The number of rotatable bonds is 6. The van der Waals surface area contributed by atoms with Crippen LogP contribution in [0.5, 0.6) is 0 Å². The summed E-state index contributed by atoms with van der Waals surface area (Å²) in [5.74, 6) is 0. The zero-order valence-corrected chi connectivity index (χ0v) is 15.9. The van der Waals surface area contributed by atoms with Gasteiger partial charge in [-0.2, -0.15) is 0 Å². The van der Waals surface area contributed by atoms with Gasteiger partial charge in [0, 0.05) is 31.7 Å². The van der Waals surface area contributed by atoms with Gasteiger partial charge in [0.2, 0.25) is 10.0 Å². The summed E-state index contributed by atoms with van der Waals surface area (Å²) in [4.78, 5) is 2.48. The molecule has 0 aliphatic heterocycles. The van der Waals surface area contributed by atoms with Crippen molar-refractivity contribution in [1.82, 2.24) is 9.21 Å². The predicted molar refractivity (Wildman–Crippen MR) is 96.6 cm³/mol. The van der Waals surface area contributed by atoms with Gasteiger partial charge in [-0.25, -0.2) is 12.7 Å².